The molecule has 0 unspecified atom stereocenters. The molecule has 0 N–H and O–H groups in total. The number of carbonyl (C=O) groups is 1. The van der Waals surface area contributed by atoms with Crippen molar-refractivity contribution in [1.82, 2.24) is 0 Å². The van der Waals surface area contributed by atoms with Crippen LogP contribution in [0.4, 0.5) is 0 Å². The number of hydrogen-bond acceptors (Lipinski definition) is 3. The summed E-state index contributed by atoms with van der Waals surface area (Å²) in [6.45, 7) is 3.57. The van der Waals surface area contributed by atoms with E-state index >= 15 is 0 Å². The van der Waals surface area contributed by atoms with Gasteiger partial charge in [0, 0.05) is 32.5 Å². The van der Waals surface area contributed by atoms with Gasteiger partial charge in [0.05, 0.1) is 0 Å². The van der Waals surface area contributed by atoms with E-state index in [0.29, 0.717) is 12.8 Å². The Balaban J connectivity index is 2.60. The summed E-state index contributed by atoms with van der Waals surface area (Å²) >= 11 is 0. The van der Waals surface area contributed by atoms with Crippen LogP contribution in [0.2, 0.25) is 0 Å². The Morgan fingerprint density at radius 3 is 1.92 bits per heavy atom. The van der Waals surface area contributed by atoms with E-state index in [9.17, 15) is 4.79 Å². The first-order chi connectivity index (χ1) is 5.48. The molecule has 0 saturated heterocycles. The Morgan fingerprint density at radius 1 is 1.25 bits per heavy atom. The van der Waals surface area contributed by atoms with Gasteiger partial charge in [0.15, 0.2) is 5.79 Å². The Hall–Kier alpha value is -0.410. The highest BCUT2D eigenvalue weighted by molar-refractivity contribution is 5.83. The molecule has 1 saturated carbocycles. The van der Waals surface area contributed by atoms with Gasteiger partial charge in [0.2, 0.25) is 0 Å². The third kappa shape index (κ3) is 1.27. The Labute approximate surface area is 73.0 Å². The molecular formula is C9H16O3. The molecule has 1 fully saturated rings. The number of ether oxygens (including phenoxy) is 2. The second-order valence-electron chi connectivity index (χ2n) is 3.79. The van der Waals surface area contributed by atoms with E-state index in [2.05, 4.69) is 0 Å². The zero-order chi connectivity index (χ0) is 9.41. The van der Waals surface area contributed by atoms with E-state index in [1.165, 1.54) is 0 Å². The molecule has 12 heavy (non-hydrogen) atoms. The number of hydrogen-bond donors (Lipinski definition) is 0. The van der Waals surface area contributed by atoms with Gasteiger partial charge in [0.1, 0.15) is 5.78 Å². The summed E-state index contributed by atoms with van der Waals surface area (Å²) < 4.78 is 10.4. The average molecular weight is 172 g/mol. The summed E-state index contributed by atoms with van der Waals surface area (Å²) in [4.78, 5) is 11.2. The maximum Gasteiger partial charge on any atom is 0.169 e. The zero-order valence-electron chi connectivity index (χ0n) is 8.14. The van der Waals surface area contributed by atoms with E-state index < -0.39 is 5.79 Å². The zero-order valence-corrected chi connectivity index (χ0v) is 8.14. The van der Waals surface area contributed by atoms with Gasteiger partial charge in [-0.15, -0.1) is 0 Å². The smallest absolute Gasteiger partial charge is 0.169 e. The molecule has 3 nitrogen and oxygen atoms in total. The highest BCUT2D eigenvalue weighted by atomic mass is 16.7. The number of carbonyl (C=O) groups excluding carboxylic acids is 1. The van der Waals surface area contributed by atoms with Crippen LogP contribution in [-0.2, 0) is 14.3 Å². The molecule has 1 rings (SSSR count). The lowest BCUT2D eigenvalue weighted by atomic mass is 9.63. The molecule has 0 aromatic heterocycles. The van der Waals surface area contributed by atoms with Crippen molar-refractivity contribution in [3.8, 4) is 0 Å². The predicted octanol–water partition coefficient (Wildman–Crippen LogP) is 1.36. The molecular weight excluding hydrogens is 156 g/mol. The molecule has 0 amide bonds. The highest BCUT2D eigenvalue weighted by Gasteiger charge is 2.55. The largest absolute Gasteiger partial charge is 0.353 e. The minimum atomic E-state index is -0.500. The molecule has 0 aromatic rings. The molecule has 0 spiro atoms. The van der Waals surface area contributed by atoms with Crippen LogP contribution in [0, 0.1) is 5.41 Å². The van der Waals surface area contributed by atoms with Gasteiger partial charge in [-0.25, -0.2) is 0 Å². The molecule has 0 radical (unpaired) electrons. The second kappa shape index (κ2) is 2.82. The molecule has 1 aliphatic rings. The van der Waals surface area contributed by atoms with Gasteiger partial charge < -0.3 is 9.47 Å². The predicted molar refractivity (Wildman–Crippen MR) is 44.8 cm³/mol. The number of methoxy groups -OCH3 is 2. The summed E-state index contributed by atoms with van der Waals surface area (Å²) in [6, 6.07) is 0. The fraction of sp³-hybridized carbons (Fsp3) is 0.889. The lowest BCUT2D eigenvalue weighted by molar-refractivity contribution is -0.286. The third-order valence-electron chi connectivity index (χ3n) is 2.91. The summed E-state index contributed by atoms with van der Waals surface area (Å²) in [7, 11) is 3.23. The Morgan fingerprint density at radius 2 is 1.67 bits per heavy atom. The topological polar surface area (TPSA) is 35.5 Å². The SMILES string of the molecule is COC1(OC)CC(C)(C(C)=O)C1. The molecule has 1 aliphatic carbocycles. The van der Waals surface area contributed by atoms with Crippen LogP contribution >= 0.6 is 0 Å². The molecule has 70 valence electrons. The molecule has 0 bridgehead atoms. The van der Waals surface area contributed by atoms with Crippen molar-refractivity contribution in [2.24, 2.45) is 5.41 Å². The molecule has 0 heterocycles. The summed E-state index contributed by atoms with van der Waals surface area (Å²) in [5, 5.41) is 0. The summed E-state index contributed by atoms with van der Waals surface area (Å²) in [5.74, 6) is -0.285. The van der Waals surface area contributed by atoms with E-state index in [-0.39, 0.29) is 11.2 Å². The van der Waals surface area contributed by atoms with Crippen molar-refractivity contribution in [3.05, 3.63) is 0 Å². The minimum Gasteiger partial charge on any atom is -0.353 e. The van der Waals surface area contributed by atoms with Gasteiger partial charge in [0.25, 0.3) is 0 Å². The standard InChI is InChI=1S/C9H16O3/c1-7(10)8(2)5-9(6-8,11-3)12-4/h5-6H2,1-4H3. The molecule has 0 aliphatic heterocycles. The van der Waals surface area contributed by atoms with Gasteiger partial charge in [-0.2, -0.15) is 0 Å². The van der Waals surface area contributed by atoms with E-state index in [1.54, 1.807) is 21.1 Å². The average Bonchev–Trinajstić information content (AvgIpc) is 1.98. The summed E-state index contributed by atoms with van der Waals surface area (Å²) in [6.07, 6.45) is 1.34. The fourth-order valence-electron chi connectivity index (χ4n) is 1.76. The minimum absolute atomic E-state index is 0.215. The van der Waals surface area contributed by atoms with Crippen molar-refractivity contribution in [1.29, 1.82) is 0 Å². The second-order valence-corrected chi connectivity index (χ2v) is 3.79. The third-order valence-corrected chi connectivity index (χ3v) is 2.91. The number of Topliss-reactive ketones (excluding diaryl/α,β-unsaturated/α-hetero) is 1. The quantitative estimate of drug-likeness (QED) is 0.603. The maximum absolute atomic E-state index is 11.2. The molecule has 3 heteroatoms. The number of ketones is 1. The van der Waals surface area contributed by atoms with Gasteiger partial charge in [-0.1, -0.05) is 6.92 Å². The van der Waals surface area contributed by atoms with Crippen LogP contribution in [0.3, 0.4) is 0 Å². The lowest BCUT2D eigenvalue weighted by Gasteiger charge is -2.50. The van der Waals surface area contributed by atoms with Gasteiger partial charge in [-0.05, 0) is 6.92 Å². The number of rotatable bonds is 3. The van der Waals surface area contributed by atoms with E-state index in [0.717, 1.165) is 0 Å². The van der Waals surface area contributed by atoms with Crippen LogP contribution in [-0.4, -0.2) is 25.8 Å². The van der Waals surface area contributed by atoms with Crippen molar-refractivity contribution in [2.45, 2.75) is 32.5 Å². The van der Waals surface area contributed by atoms with E-state index in [4.69, 9.17) is 9.47 Å². The maximum atomic E-state index is 11.2. The van der Waals surface area contributed by atoms with Crippen molar-refractivity contribution < 1.29 is 14.3 Å². The monoisotopic (exact) mass is 172 g/mol. The highest BCUT2D eigenvalue weighted by Crippen LogP contribution is 2.50. The van der Waals surface area contributed by atoms with Crippen LogP contribution in [0.15, 0.2) is 0 Å². The Kier molecular flexibility index (Phi) is 2.27. The van der Waals surface area contributed by atoms with Crippen molar-refractivity contribution in [2.75, 3.05) is 14.2 Å². The fourth-order valence-corrected chi connectivity index (χ4v) is 1.76. The van der Waals surface area contributed by atoms with Gasteiger partial charge in [-0.3, -0.25) is 4.79 Å². The van der Waals surface area contributed by atoms with Gasteiger partial charge >= 0.3 is 0 Å². The first kappa shape index (κ1) is 9.68. The molecule has 0 aromatic carbocycles. The first-order valence-corrected chi connectivity index (χ1v) is 4.09. The van der Waals surface area contributed by atoms with Crippen LogP contribution in [0.1, 0.15) is 26.7 Å². The molecule has 0 atom stereocenters. The van der Waals surface area contributed by atoms with Crippen LogP contribution in [0.25, 0.3) is 0 Å². The van der Waals surface area contributed by atoms with Crippen molar-refractivity contribution in [3.63, 3.8) is 0 Å². The Bertz CT molecular complexity index is 186. The lowest BCUT2D eigenvalue weighted by Crippen LogP contribution is -2.55. The summed E-state index contributed by atoms with van der Waals surface area (Å²) in [5.41, 5.74) is -0.230. The normalized spacial score (nSPS) is 24.7. The first-order valence-electron chi connectivity index (χ1n) is 4.09. The van der Waals surface area contributed by atoms with Crippen LogP contribution < -0.4 is 0 Å². The van der Waals surface area contributed by atoms with Crippen molar-refractivity contribution >= 4 is 5.78 Å². The van der Waals surface area contributed by atoms with E-state index in [1.807, 2.05) is 6.92 Å². The van der Waals surface area contributed by atoms with Crippen LogP contribution in [0.5, 0.6) is 0 Å².